The fraction of sp³-hybridized carbons (Fsp3) is 0.417. The molecule has 1 fully saturated rings. The second-order valence-corrected chi connectivity index (χ2v) is 4.91. The van der Waals surface area contributed by atoms with Gasteiger partial charge in [0.2, 0.25) is 0 Å². The number of aliphatic hydroxyl groups excluding tert-OH is 3. The van der Waals surface area contributed by atoms with Crippen LogP contribution in [-0.4, -0.2) is 54.8 Å². The average molecular weight is 313 g/mol. The van der Waals surface area contributed by atoms with Crippen molar-refractivity contribution in [1.29, 1.82) is 0 Å². The molecule has 0 bridgehead atoms. The average Bonchev–Trinajstić information content (AvgIpc) is 2.76. The van der Waals surface area contributed by atoms with Gasteiger partial charge < -0.3 is 25.0 Å². The summed E-state index contributed by atoms with van der Waals surface area (Å²) in [5.74, 6) is -1.05. The zero-order valence-electron chi connectivity index (χ0n) is 11.0. The SMILES string of the molecule is O=c1[nH]c2nc(=O)n(C3OC(CO)C(O)C3O)cc2cc1F. The number of aromatic amines is 1. The molecule has 1 aliphatic heterocycles. The van der Waals surface area contributed by atoms with Crippen LogP contribution in [0.4, 0.5) is 4.39 Å². The van der Waals surface area contributed by atoms with E-state index in [0.717, 1.165) is 16.8 Å². The molecule has 10 heteroatoms. The number of aromatic nitrogens is 3. The van der Waals surface area contributed by atoms with Crippen LogP contribution >= 0.6 is 0 Å². The molecule has 22 heavy (non-hydrogen) atoms. The van der Waals surface area contributed by atoms with E-state index >= 15 is 0 Å². The lowest BCUT2D eigenvalue weighted by molar-refractivity contribution is -0.0547. The normalized spacial score (nSPS) is 28.4. The number of nitrogens with zero attached hydrogens (tertiary/aromatic N) is 2. The third-order valence-electron chi connectivity index (χ3n) is 3.50. The molecule has 0 amide bonds. The number of halogens is 1. The van der Waals surface area contributed by atoms with Crippen LogP contribution in [0.1, 0.15) is 6.23 Å². The Balaban J connectivity index is 2.12. The van der Waals surface area contributed by atoms with Crippen LogP contribution < -0.4 is 11.2 Å². The van der Waals surface area contributed by atoms with Crippen molar-refractivity contribution in [1.82, 2.24) is 14.5 Å². The van der Waals surface area contributed by atoms with Crippen LogP contribution in [0.3, 0.4) is 0 Å². The third-order valence-corrected chi connectivity index (χ3v) is 3.50. The molecular weight excluding hydrogens is 301 g/mol. The fourth-order valence-corrected chi connectivity index (χ4v) is 2.35. The van der Waals surface area contributed by atoms with Crippen LogP contribution in [0.5, 0.6) is 0 Å². The molecule has 4 atom stereocenters. The predicted molar refractivity (Wildman–Crippen MR) is 69.6 cm³/mol. The van der Waals surface area contributed by atoms with Gasteiger partial charge in [-0.1, -0.05) is 0 Å². The molecule has 1 saturated heterocycles. The Hall–Kier alpha value is -2.14. The van der Waals surface area contributed by atoms with Gasteiger partial charge in [0.05, 0.1) is 6.61 Å². The summed E-state index contributed by atoms with van der Waals surface area (Å²) in [4.78, 5) is 28.8. The summed E-state index contributed by atoms with van der Waals surface area (Å²) in [6, 6.07) is 0.887. The Morgan fingerprint density at radius 2 is 2.09 bits per heavy atom. The van der Waals surface area contributed by atoms with Gasteiger partial charge in [-0.3, -0.25) is 9.36 Å². The Labute approximate surface area is 121 Å². The lowest BCUT2D eigenvalue weighted by Crippen LogP contribution is -2.36. The summed E-state index contributed by atoms with van der Waals surface area (Å²) in [7, 11) is 0. The predicted octanol–water partition coefficient (Wildman–Crippen LogP) is -2.16. The molecule has 1 aliphatic rings. The highest BCUT2D eigenvalue weighted by Gasteiger charge is 2.43. The Morgan fingerprint density at radius 1 is 1.36 bits per heavy atom. The van der Waals surface area contributed by atoms with Gasteiger partial charge in [0, 0.05) is 11.6 Å². The van der Waals surface area contributed by atoms with Crippen molar-refractivity contribution >= 4 is 11.0 Å². The number of H-pyrrole nitrogens is 1. The highest BCUT2D eigenvalue weighted by Crippen LogP contribution is 2.28. The minimum atomic E-state index is -1.47. The van der Waals surface area contributed by atoms with E-state index in [2.05, 4.69) is 9.97 Å². The molecular formula is C12H12FN3O6. The monoisotopic (exact) mass is 313 g/mol. The summed E-state index contributed by atoms with van der Waals surface area (Å²) < 4.78 is 19.4. The zero-order valence-corrected chi connectivity index (χ0v) is 11.0. The zero-order chi connectivity index (χ0) is 16.0. The van der Waals surface area contributed by atoms with Gasteiger partial charge in [0.15, 0.2) is 12.0 Å². The molecule has 0 radical (unpaired) electrons. The van der Waals surface area contributed by atoms with E-state index in [0.29, 0.717) is 0 Å². The molecule has 3 heterocycles. The minimum Gasteiger partial charge on any atom is -0.394 e. The molecule has 118 valence electrons. The van der Waals surface area contributed by atoms with Gasteiger partial charge in [-0.15, -0.1) is 0 Å². The van der Waals surface area contributed by atoms with Gasteiger partial charge in [-0.2, -0.15) is 4.98 Å². The number of ether oxygens (including phenoxy) is 1. The van der Waals surface area contributed by atoms with E-state index in [1.165, 1.54) is 0 Å². The van der Waals surface area contributed by atoms with Crippen molar-refractivity contribution in [2.75, 3.05) is 6.61 Å². The molecule has 4 N–H and O–H groups in total. The second kappa shape index (κ2) is 5.25. The molecule has 9 nitrogen and oxygen atoms in total. The first-order valence-corrected chi connectivity index (χ1v) is 6.36. The third kappa shape index (κ3) is 2.22. The van der Waals surface area contributed by atoms with Crippen molar-refractivity contribution in [2.45, 2.75) is 24.5 Å². The van der Waals surface area contributed by atoms with Crippen molar-refractivity contribution in [3.8, 4) is 0 Å². The smallest absolute Gasteiger partial charge is 0.351 e. The molecule has 0 saturated carbocycles. The van der Waals surface area contributed by atoms with Crippen LogP contribution in [-0.2, 0) is 4.74 Å². The summed E-state index contributed by atoms with van der Waals surface area (Å²) in [6.45, 7) is -0.549. The molecule has 3 rings (SSSR count). The van der Waals surface area contributed by atoms with Crippen molar-refractivity contribution < 1.29 is 24.4 Å². The van der Waals surface area contributed by atoms with Crippen LogP contribution in [0.25, 0.3) is 11.0 Å². The van der Waals surface area contributed by atoms with Crippen molar-refractivity contribution in [3.05, 3.63) is 38.9 Å². The highest BCUT2D eigenvalue weighted by atomic mass is 19.1. The van der Waals surface area contributed by atoms with Crippen LogP contribution in [0.2, 0.25) is 0 Å². The fourth-order valence-electron chi connectivity index (χ4n) is 2.35. The number of hydrogen-bond acceptors (Lipinski definition) is 7. The number of pyridine rings is 1. The first-order valence-electron chi connectivity index (χ1n) is 6.36. The maximum atomic E-state index is 13.3. The van der Waals surface area contributed by atoms with Crippen LogP contribution in [0, 0.1) is 5.82 Å². The van der Waals surface area contributed by atoms with E-state index in [9.17, 15) is 24.2 Å². The molecule has 0 spiro atoms. The summed E-state index contributed by atoms with van der Waals surface area (Å²) >= 11 is 0. The van der Waals surface area contributed by atoms with Crippen LogP contribution in [0.15, 0.2) is 21.9 Å². The van der Waals surface area contributed by atoms with Gasteiger partial charge in [0.25, 0.3) is 5.56 Å². The Bertz CT molecular complexity index is 834. The Kier molecular flexibility index (Phi) is 3.53. The number of rotatable bonds is 2. The van der Waals surface area contributed by atoms with E-state index in [-0.39, 0.29) is 11.0 Å². The molecule has 2 aromatic heterocycles. The quantitative estimate of drug-likeness (QED) is 0.495. The summed E-state index contributed by atoms with van der Waals surface area (Å²) in [6.07, 6.45) is -4.06. The summed E-state index contributed by atoms with van der Waals surface area (Å²) in [5, 5.41) is 28.7. The lowest BCUT2D eigenvalue weighted by atomic mass is 10.1. The first kappa shape index (κ1) is 14.8. The van der Waals surface area contributed by atoms with E-state index in [4.69, 9.17) is 9.84 Å². The topological polar surface area (TPSA) is 138 Å². The summed E-state index contributed by atoms with van der Waals surface area (Å²) in [5.41, 5.74) is -1.99. The second-order valence-electron chi connectivity index (χ2n) is 4.91. The molecule has 0 aliphatic carbocycles. The maximum Gasteiger partial charge on any atom is 0.351 e. The number of nitrogens with one attached hydrogen (secondary N) is 1. The standard InChI is InChI=1S/C12H12FN3O6/c13-5-1-4-2-16(12(21)15-9(4)14-10(5)20)11-8(19)7(18)6(3-17)22-11/h1-2,6-8,11,17-19H,3H2,(H,14,15,20,21). The van der Waals surface area contributed by atoms with Crippen molar-refractivity contribution in [2.24, 2.45) is 0 Å². The van der Waals surface area contributed by atoms with Gasteiger partial charge in [-0.25, -0.2) is 9.18 Å². The highest BCUT2D eigenvalue weighted by molar-refractivity contribution is 5.72. The molecule has 0 aromatic carbocycles. The number of aliphatic hydroxyl groups is 3. The van der Waals surface area contributed by atoms with Gasteiger partial charge >= 0.3 is 5.69 Å². The largest absolute Gasteiger partial charge is 0.394 e. The van der Waals surface area contributed by atoms with E-state index in [1.807, 2.05) is 0 Å². The van der Waals surface area contributed by atoms with E-state index < -0.39 is 48.2 Å². The molecule has 2 aromatic rings. The molecule has 4 unspecified atom stereocenters. The van der Waals surface area contributed by atoms with E-state index in [1.54, 1.807) is 0 Å². The minimum absolute atomic E-state index is 0.106. The Morgan fingerprint density at radius 3 is 2.73 bits per heavy atom. The first-order chi connectivity index (χ1) is 10.4. The maximum absolute atomic E-state index is 13.3. The lowest BCUT2D eigenvalue weighted by Gasteiger charge is -2.17. The van der Waals surface area contributed by atoms with Crippen molar-refractivity contribution in [3.63, 3.8) is 0 Å². The van der Waals surface area contributed by atoms with Gasteiger partial charge in [-0.05, 0) is 6.07 Å². The number of hydrogen-bond donors (Lipinski definition) is 4. The number of fused-ring (bicyclic) bond motifs is 1. The van der Waals surface area contributed by atoms with Gasteiger partial charge in [0.1, 0.15) is 24.0 Å².